The quantitative estimate of drug-likeness (QED) is 0.275. The smallest absolute Gasteiger partial charge is 0.232 e. The highest BCUT2D eigenvalue weighted by Gasteiger charge is 2.26. The molecule has 2 N–H and O–H groups in total. The van der Waals surface area contributed by atoms with E-state index < -0.39 is 0 Å². The fraction of sp³-hybridized carbons (Fsp3) is 0.172. The van der Waals surface area contributed by atoms with E-state index in [1.807, 2.05) is 66.7 Å². The van der Waals surface area contributed by atoms with Gasteiger partial charge in [-0.2, -0.15) is 0 Å². The number of benzene rings is 3. The van der Waals surface area contributed by atoms with Gasteiger partial charge in [-0.25, -0.2) is 9.97 Å². The summed E-state index contributed by atoms with van der Waals surface area (Å²) >= 11 is 6.13. The lowest BCUT2D eigenvalue weighted by molar-refractivity contribution is 0.145. The summed E-state index contributed by atoms with van der Waals surface area (Å²) in [5.41, 5.74) is 5.40. The molecule has 1 fully saturated rings. The highest BCUT2D eigenvalue weighted by atomic mass is 35.5. The molecule has 3 aromatic carbocycles. The van der Waals surface area contributed by atoms with Gasteiger partial charge in [0.05, 0.1) is 11.5 Å². The van der Waals surface area contributed by atoms with E-state index in [1.54, 1.807) is 6.33 Å². The molecule has 0 aliphatic carbocycles. The van der Waals surface area contributed by atoms with Gasteiger partial charge in [-0.05, 0) is 60.9 Å². The van der Waals surface area contributed by atoms with Crippen molar-refractivity contribution in [2.45, 2.75) is 18.9 Å². The van der Waals surface area contributed by atoms with Crippen LogP contribution in [0.25, 0.3) is 33.6 Å². The number of nitrogens with one attached hydrogen (secondary N) is 1. The van der Waals surface area contributed by atoms with Crippen LogP contribution in [0.5, 0.6) is 0 Å². The number of nitrogens with zero attached hydrogens (tertiary/aromatic N) is 3. The van der Waals surface area contributed by atoms with Gasteiger partial charge >= 0.3 is 0 Å². The second kappa shape index (κ2) is 9.64. The molecule has 0 bridgehead atoms. The molecule has 6 rings (SSSR count). The van der Waals surface area contributed by atoms with Gasteiger partial charge in [0.1, 0.15) is 17.9 Å². The minimum Gasteiger partial charge on any atom is -0.437 e. The predicted octanol–water partition coefficient (Wildman–Crippen LogP) is 6.91. The Kier molecular flexibility index (Phi) is 6.05. The predicted molar refractivity (Wildman–Crippen MR) is 145 cm³/mol. The minimum absolute atomic E-state index is 0.258. The zero-order chi connectivity index (χ0) is 24.5. The number of fused-ring (bicyclic) bond motifs is 1. The number of rotatable bonds is 5. The molecule has 2 aromatic heterocycles. The Hall–Kier alpha value is -3.87. The molecule has 0 atom stereocenters. The third-order valence-corrected chi connectivity index (χ3v) is 6.79. The van der Waals surface area contributed by atoms with Gasteiger partial charge < -0.3 is 19.7 Å². The molecule has 0 saturated carbocycles. The lowest BCUT2D eigenvalue weighted by Gasteiger charge is -2.30. The van der Waals surface area contributed by atoms with E-state index in [0.717, 1.165) is 71.0 Å². The number of furan rings is 1. The van der Waals surface area contributed by atoms with E-state index in [0.29, 0.717) is 10.7 Å². The van der Waals surface area contributed by atoms with Crippen molar-refractivity contribution < 1.29 is 9.52 Å². The fourth-order valence-corrected chi connectivity index (χ4v) is 4.95. The summed E-state index contributed by atoms with van der Waals surface area (Å²) in [5.74, 6) is 1.60. The van der Waals surface area contributed by atoms with Gasteiger partial charge in [0.2, 0.25) is 5.71 Å². The molecule has 7 heteroatoms. The monoisotopic (exact) mass is 496 g/mol. The molecule has 180 valence electrons. The Morgan fingerprint density at radius 2 is 1.64 bits per heavy atom. The number of aliphatic hydroxyl groups is 1. The molecule has 6 nitrogen and oxygen atoms in total. The molecule has 3 heterocycles. The third kappa shape index (κ3) is 4.41. The van der Waals surface area contributed by atoms with Gasteiger partial charge in [-0.1, -0.05) is 48.0 Å². The van der Waals surface area contributed by atoms with Crippen molar-refractivity contribution >= 4 is 39.9 Å². The van der Waals surface area contributed by atoms with Crippen molar-refractivity contribution in [3.05, 3.63) is 90.2 Å². The summed E-state index contributed by atoms with van der Waals surface area (Å²) in [6.45, 7) is 1.48. The van der Waals surface area contributed by atoms with E-state index in [9.17, 15) is 5.11 Å². The maximum atomic E-state index is 10.0. The van der Waals surface area contributed by atoms with Crippen LogP contribution in [0.1, 0.15) is 12.8 Å². The SMILES string of the molecule is OC1CCN(c2ncnc3oc(-c4ccc(Nc5cccc(Cl)c5)cc4)c(-c4ccccc4)c23)CC1. The second-order valence-electron chi connectivity index (χ2n) is 8.98. The van der Waals surface area contributed by atoms with Crippen molar-refractivity contribution in [1.82, 2.24) is 9.97 Å². The molecule has 0 unspecified atom stereocenters. The molecule has 1 aliphatic heterocycles. The van der Waals surface area contributed by atoms with E-state index in [1.165, 1.54) is 0 Å². The van der Waals surface area contributed by atoms with Gasteiger partial charge in [-0.3, -0.25) is 0 Å². The van der Waals surface area contributed by atoms with Crippen LogP contribution in [-0.2, 0) is 0 Å². The lowest BCUT2D eigenvalue weighted by atomic mass is 9.98. The number of piperidine rings is 1. The van der Waals surface area contributed by atoms with Crippen LogP contribution in [0.4, 0.5) is 17.2 Å². The fourth-order valence-electron chi connectivity index (χ4n) is 4.76. The molecule has 0 spiro atoms. The van der Waals surface area contributed by atoms with E-state index in [-0.39, 0.29) is 6.10 Å². The molecular formula is C29H25ClN4O2. The van der Waals surface area contributed by atoms with Crippen LogP contribution >= 0.6 is 11.6 Å². The van der Waals surface area contributed by atoms with Gasteiger partial charge in [0, 0.05) is 40.6 Å². The Morgan fingerprint density at radius 1 is 0.861 bits per heavy atom. The normalized spacial score (nSPS) is 14.3. The Bertz CT molecular complexity index is 1490. The number of aromatic nitrogens is 2. The zero-order valence-electron chi connectivity index (χ0n) is 19.6. The molecular weight excluding hydrogens is 472 g/mol. The van der Waals surface area contributed by atoms with Crippen LogP contribution in [0.3, 0.4) is 0 Å². The number of aliphatic hydroxyl groups excluding tert-OH is 1. The summed E-state index contributed by atoms with van der Waals surface area (Å²) in [6, 6.07) is 26.0. The Labute approximate surface area is 214 Å². The highest BCUT2D eigenvalue weighted by molar-refractivity contribution is 6.30. The van der Waals surface area contributed by atoms with Crippen molar-refractivity contribution in [3.8, 4) is 22.5 Å². The summed E-state index contributed by atoms with van der Waals surface area (Å²) < 4.78 is 6.40. The number of halogens is 1. The minimum atomic E-state index is -0.258. The van der Waals surface area contributed by atoms with Gasteiger partial charge in [0.25, 0.3) is 0 Å². The average molecular weight is 497 g/mol. The van der Waals surface area contributed by atoms with Gasteiger partial charge in [0.15, 0.2) is 0 Å². The summed E-state index contributed by atoms with van der Waals surface area (Å²) in [5, 5.41) is 15.0. The Balaban J connectivity index is 1.44. The van der Waals surface area contributed by atoms with Crippen LogP contribution in [0, 0.1) is 0 Å². The standard InChI is InChI=1S/C29H25ClN4O2/c30-21-7-4-8-23(17-21)33-22-11-9-20(10-12-22)27-25(19-5-2-1-3-6-19)26-28(31-18-32-29(26)36-27)34-15-13-24(35)14-16-34/h1-12,17-18,24,33,35H,13-16H2. The summed E-state index contributed by atoms with van der Waals surface area (Å²) in [7, 11) is 0. The first-order valence-electron chi connectivity index (χ1n) is 12.0. The second-order valence-corrected chi connectivity index (χ2v) is 9.42. The van der Waals surface area contributed by atoms with Crippen LogP contribution < -0.4 is 10.2 Å². The number of anilines is 3. The average Bonchev–Trinajstić information content (AvgIpc) is 3.30. The molecule has 0 radical (unpaired) electrons. The summed E-state index contributed by atoms with van der Waals surface area (Å²) in [4.78, 5) is 11.4. The Morgan fingerprint density at radius 3 is 2.39 bits per heavy atom. The molecule has 1 aliphatic rings. The van der Waals surface area contributed by atoms with Crippen molar-refractivity contribution in [3.63, 3.8) is 0 Å². The maximum absolute atomic E-state index is 10.0. The summed E-state index contributed by atoms with van der Waals surface area (Å²) in [6.07, 6.45) is 2.74. The van der Waals surface area contributed by atoms with Crippen LogP contribution in [0.2, 0.25) is 5.02 Å². The zero-order valence-corrected chi connectivity index (χ0v) is 20.3. The topological polar surface area (TPSA) is 74.4 Å². The third-order valence-electron chi connectivity index (χ3n) is 6.56. The molecule has 1 saturated heterocycles. The molecule has 5 aromatic rings. The first-order valence-corrected chi connectivity index (χ1v) is 12.4. The van der Waals surface area contributed by atoms with Crippen molar-refractivity contribution in [2.24, 2.45) is 0 Å². The first kappa shape index (κ1) is 22.6. The van der Waals surface area contributed by atoms with E-state index in [2.05, 4.69) is 32.3 Å². The first-order chi connectivity index (χ1) is 17.7. The lowest BCUT2D eigenvalue weighted by Crippen LogP contribution is -2.36. The van der Waals surface area contributed by atoms with E-state index >= 15 is 0 Å². The molecule has 36 heavy (non-hydrogen) atoms. The van der Waals surface area contributed by atoms with E-state index in [4.69, 9.17) is 16.0 Å². The number of hydrogen-bond donors (Lipinski definition) is 2. The maximum Gasteiger partial charge on any atom is 0.232 e. The largest absolute Gasteiger partial charge is 0.437 e. The van der Waals surface area contributed by atoms with Crippen LogP contribution in [-0.4, -0.2) is 34.3 Å². The number of hydrogen-bond acceptors (Lipinski definition) is 6. The van der Waals surface area contributed by atoms with Crippen molar-refractivity contribution in [1.29, 1.82) is 0 Å². The van der Waals surface area contributed by atoms with Gasteiger partial charge in [-0.15, -0.1) is 0 Å². The van der Waals surface area contributed by atoms with Crippen molar-refractivity contribution in [2.75, 3.05) is 23.3 Å². The molecule has 0 amide bonds. The van der Waals surface area contributed by atoms with Crippen LogP contribution in [0.15, 0.2) is 89.6 Å². The highest BCUT2D eigenvalue weighted by Crippen LogP contribution is 2.44.